The van der Waals surface area contributed by atoms with E-state index in [4.69, 9.17) is 0 Å². The van der Waals surface area contributed by atoms with Crippen LogP contribution in [0.1, 0.15) is 22.3 Å². The molecule has 0 fully saturated rings. The first kappa shape index (κ1) is 18.1. The number of hydrogen-bond acceptors (Lipinski definition) is 0. The van der Waals surface area contributed by atoms with E-state index in [1.807, 2.05) is 0 Å². The molecule has 0 aromatic heterocycles. The largest absolute Gasteiger partial charge is 3.00 e. The van der Waals surface area contributed by atoms with Crippen LogP contribution in [0, 0.1) is 42.5 Å². The topological polar surface area (TPSA) is 0 Å². The zero-order valence-electron chi connectivity index (χ0n) is 9.08. The molecule has 0 unspecified atom stereocenters. The number of rotatable bonds is 0. The van der Waals surface area contributed by atoms with Crippen molar-refractivity contribution in [1.29, 1.82) is 0 Å². The molecule has 0 saturated heterocycles. The van der Waals surface area contributed by atoms with Crippen molar-refractivity contribution < 1.29 is 26.2 Å². The first-order chi connectivity index (χ1) is 4.13. The third kappa shape index (κ3) is 3.31. The third-order valence-electron chi connectivity index (χ3n) is 2.18. The fourth-order valence-corrected chi connectivity index (χ4v) is 1.13. The normalized spacial score (nSPS) is 7.67. The maximum Gasteiger partial charge on any atom is 3.00 e. The predicted octanol–water partition coefficient (Wildman–Crippen LogP) is 3.54. The van der Waals surface area contributed by atoms with Gasteiger partial charge in [-0.1, -0.05) is 27.7 Å². The molecule has 1 aromatic rings. The first-order valence-corrected chi connectivity index (χ1v) is 3.33. The minimum atomic E-state index is 0. The van der Waals surface area contributed by atoms with E-state index in [0.29, 0.717) is 0 Å². The Labute approximate surface area is 96.9 Å². The summed E-state index contributed by atoms with van der Waals surface area (Å²) in [5, 5.41) is 0. The molecular formula is C11H19Zr. The van der Waals surface area contributed by atoms with Crippen molar-refractivity contribution in [3.8, 4) is 0 Å². The molecule has 1 aromatic carbocycles. The van der Waals surface area contributed by atoms with Crippen LogP contribution >= 0.6 is 0 Å². The maximum atomic E-state index is 2.24. The Hall–Kier alpha value is 0.233. The van der Waals surface area contributed by atoms with Gasteiger partial charge in [-0.2, -0.15) is 28.3 Å². The van der Waals surface area contributed by atoms with Crippen molar-refractivity contribution in [2.75, 3.05) is 0 Å². The van der Waals surface area contributed by atoms with E-state index < -0.39 is 0 Å². The molecule has 0 aliphatic carbocycles. The van der Waals surface area contributed by atoms with Crippen LogP contribution < -0.4 is 0 Å². The maximum absolute atomic E-state index is 2.24. The summed E-state index contributed by atoms with van der Waals surface area (Å²) in [6, 6.07) is 2.24. The molecule has 0 aliphatic heterocycles. The van der Waals surface area contributed by atoms with Gasteiger partial charge in [0.05, 0.1) is 0 Å². The van der Waals surface area contributed by atoms with Gasteiger partial charge in [-0.25, -0.2) is 0 Å². The standard InChI is InChI=1S/C9H13.2CH3.Zr/c1-6-5-7(2)9(4)8(6)3;;;/h5H,1-4H3;2*1H3;/q3*-1;+3. The quantitative estimate of drug-likeness (QED) is 0.611. The van der Waals surface area contributed by atoms with Gasteiger partial charge < -0.3 is 14.9 Å². The fraction of sp³-hybridized carbons (Fsp3) is 0.364. The Kier molecular flexibility index (Phi) is 10.1. The van der Waals surface area contributed by atoms with Crippen LogP contribution in [0.15, 0.2) is 6.07 Å². The summed E-state index contributed by atoms with van der Waals surface area (Å²) in [5.41, 5.74) is 5.75. The number of aryl methyl sites for hydroxylation is 2. The molecule has 0 aliphatic rings. The van der Waals surface area contributed by atoms with E-state index in [0.717, 1.165) is 0 Å². The molecule has 12 heavy (non-hydrogen) atoms. The summed E-state index contributed by atoms with van der Waals surface area (Å²) in [7, 11) is 0. The van der Waals surface area contributed by atoms with Crippen molar-refractivity contribution in [2.24, 2.45) is 0 Å². The van der Waals surface area contributed by atoms with Gasteiger partial charge in [-0.15, -0.1) is 0 Å². The Morgan fingerprint density at radius 1 is 0.750 bits per heavy atom. The van der Waals surface area contributed by atoms with Gasteiger partial charge in [0.2, 0.25) is 0 Å². The molecule has 0 heterocycles. The molecule has 0 atom stereocenters. The zero-order chi connectivity index (χ0) is 7.02. The first-order valence-electron chi connectivity index (χ1n) is 3.33. The van der Waals surface area contributed by atoms with E-state index in [-0.39, 0.29) is 41.1 Å². The zero-order valence-corrected chi connectivity index (χ0v) is 11.5. The van der Waals surface area contributed by atoms with Crippen LogP contribution in [0.2, 0.25) is 0 Å². The second-order valence-electron chi connectivity index (χ2n) is 2.76. The molecular weight excluding hydrogens is 223 g/mol. The van der Waals surface area contributed by atoms with Crippen LogP contribution in [-0.4, -0.2) is 0 Å². The average Bonchev–Trinajstić information content (AvgIpc) is 1.98. The van der Waals surface area contributed by atoms with Crippen molar-refractivity contribution in [1.82, 2.24) is 0 Å². The molecule has 0 spiro atoms. The second-order valence-corrected chi connectivity index (χ2v) is 2.76. The number of hydrogen-bond donors (Lipinski definition) is 0. The monoisotopic (exact) mass is 241 g/mol. The summed E-state index contributed by atoms with van der Waals surface area (Å²) < 4.78 is 0. The fourth-order valence-electron chi connectivity index (χ4n) is 1.13. The van der Waals surface area contributed by atoms with Crippen LogP contribution in [0.4, 0.5) is 0 Å². The van der Waals surface area contributed by atoms with Crippen molar-refractivity contribution in [3.63, 3.8) is 0 Å². The van der Waals surface area contributed by atoms with Crippen molar-refractivity contribution in [2.45, 2.75) is 27.7 Å². The summed E-state index contributed by atoms with van der Waals surface area (Å²) in [5.74, 6) is 0. The van der Waals surface area contributed by atoms with Crippen molar-refractivity contribution >= 4 is 0 Å². The average molecular weight is 242 g/mol. The second kappa shape index (κ2) is 6.72. The smallest absolute Gasteiger partial charge is 0.358 e. The van der Waals surface area contributed by atoms with Crippen LogP contribution in [0.25, 0.3) is 0 Å². The molecule has 1 radical (unpaired) electrons. The minimum Gasteiger partial charge on any atom is -0.358 e. The Balaban J connectivity index is -0.000000270. The van der Waals surface area contributed by atoms with Gasteiger partial charge >= 0.3 is 26.2 Å². The molecule has 0 bridgehead atoms. The SMILES string of the molecule is Cc1[cH-]c(C)c(C)c1C.[CH3-].[CH3-].[Zr+3]. The van der Waals surface area contributed by atoms with Crippen LogP contribution in [-0.2, 0) is 26.2 Å². The van der Waals surface area contributed by atoms with E-state index in [9.17, 15) is 0 Å². The van der Waals surface area contributed by atoms with Gasteiger partial charge in [-0.3, -0.25) is 0 Å². The van der Waals surface area contributed by atoms with Crippen LogP contribution in [0.3, 0.4) is 0 Å². The molecule has 1 rings (SSSR count). The Bertz CT molecular complexity index is 199. The third-order valence-corrected chi connectivity index (χ3v) is 2.18. The van der Waals surface area contributed by atoms with E-state index >= 15 is 0 Å². The Morgan fingerprint density at radius 2 is 1.00 bits per heavy atom. The molecule has 0 amide bonds. The van der Waals surface area contributed by atoms with Gasteiger partial charge in [0.15, 0.2) is 0 Å². The van der Waals surface area contributed by atoms with E-state index in [2.05, 4.69) is 33.8 Å². The van der Waals surface area contributed by atoms with Gasteiger partial charge in [0.1, 0.15) is 0 Å². The molecule has 67 valence electrons. The predicted molar refractivity (Wildman–Crippen MR) is 53.8 cm³/mol. The van der Waals surface area contributed by atoms with E-state index in [1.165, 1.54) is 22.3 Å². The summed E-state index contributed by atoms with van der Waals surface area (Å²) in [6.07, 6.45) is 0. The molecule has 0 N–H and O–H groups in total. The van der Waals surface area contributed by atoms with Crippen molar-refractivity contribution in [3.05, 3.63) is 43.2 Å². The molecule has 1 heteroatoms. The van der Waals surface area contributed by atoms with Gasteiger partial charge in [0.25, 0.3) is 0 Å². The molecule has 0 nitrogen and oxygen atoms in total. The van der Waals surface area contributed by atoms with E-state index in [1.54, 1.807) is 0 Å². The summed E-state index contributed by atoms with van der Waals surface area (Å²) >= 11 is 0. The van der Waals surface area contributed by atoms with Crippen LogP contribution in [0.5, 0.6) is 0 Å². The van der Waals surface area contributed by atoms with Gasteiger partial charge in [-0.05, 0) is 0 Å². The Morgan fingerprint density at radius 3 is 1.08 bits per heavy atom. The minimum absolute atomic E-state index is 0. The summed E-state index contributed by atoms with van der Waals surface area (Å²) in [6.45, 7) is 8.68. The molecule has 0 saturated carbocycles. The summed E-state index contributed by atoms with van der Waals surface area (Å²) in [4.78, 5) is 0. The van der Waals surface area contributed by atoms with Gasteiger partial charge in [0, 0.05) is 0 Å².